The molecule has 0 aliphatic rings. The summed E-state index contributed by atoms with van der Waals surface area (Å²) in [5.74, 6) is 0. The van der Waals surface area contributed by atoms with Crippen LogP contribution in [-0.2, 0) is 26.6 Å². The van der Waals surface area contributed by atoms with E-state index in [0.29, 0.717) is 6.54 Å². The molecule has 0 atom stereocenters. The normalized spacial score (nSPS) is 13.6. The topological polar surface area (TPSA) is 93.4 Å². The third-order valence-electron chi connectivity index (χ3n) is 5.06. The first-order valence-electron chi connectivity index (χ1n) is 8.60. The fourth-order valence-corrected chi connectivity index (χ4v) is 7.23. The van der Waals surface area contributed by atoms with Gasteiger partial charge in [0.1, 0.15) is 0 Å². The van der Waals surface area contributed by atoms with Gasteiger partial charge in [-0.2, -0.15) is 0 Å². The fraction of sp³-hybridized carbons (Fsp3) is 1.00. The van der Waals surface area contributed by atoms with Crippen LogP contribution < -0.4 is 10.7 Å². The van der Waals surface area contributed by atoms with E-state index in [-0.39, 0.29) is 5.54 Å². The zero-order valence-corrected chi connectivity index (χ0v) is 21.0. The number of hydrogen-bond acceptors (Lipinski definition) is 8. The maximum atomic E-state index is 6.11. The lowest BCUT2D eigenvalue weighted by Crippen LogP contribution is -2.51. The Bertz CT molecular complexity index is 298. The lowest BCUT2D eigenvalue weighted by molar-refractivity contribution is 0.120. The first-order chi connectivity index (χ1) is 11.9. The highest BCUT2D eigenvalue weighted by Crippen LogP contribution is 2.26. The predicted octanol–water partition coefficient (Wildman–Crippen LogP) is -0.129. The van der Waals surface area contributed by atoms with Crippen molar-refractivity contribution in [2.45, 2.75) is 43.3 Å². The van der Waals surface area contributed by atoms with Gasteiger partial charge >= 0.3 is 17.6 Å². The molecule has 0 heterocycles. The smallest absolute Gasteiger partial charge is 0.377 e. The van der Waals surface area contributed by atoms with Crippen LogP contribution in [0.25, 0.3) is 0 Å². The number of rotatable bonds is 16. The van der Waals surface area contributed by atoms with Crippen LogP contribution in [0.2, 0.25) is 12.1 Å². The molecular weight excluding hydrogens is 376 g/mol. The highest BCUT2D eigenvalue weighted by Gasteiger charge is 2.40. The molecule has 0 amide bonds. The van der Waals surface area contributed by atoms with Gasteiger partial charge in [0, 0.05) is 66.8 Å². The molecule has 0 spiro atoms. The van der Waals surface area contributed by atoms with Crippen LogP contribution in [0.15, 0.2) is 0 Å². The first-order valence-corrected chi connectivity index (χ1v) is 13.5. The SMILES string of the molecule is CO[Si](CCCC(CN)(CCC[Si](OC)(OC)OC)N[SiH3])(OC)OC. The predicted molar refractivity (Wildman–Crippen MR) is 107 cm³/mol. The van der Waals surface area contributed by atoms with Crippen LogP contribution in [0.4, 0.5) is 0 Å². The lowest BCUT2D eigenvalue weighted by Gasteiger charge is -2.35. The van der Waals surface area contributed by atoms with E-state index in [9.17, 15) is 0 Å². The van der Waals surface area contributed by atoms with Crippen LogP contribution in [0, 0.1) is 0 Å². The van der Waals surface area contributed by atoms with Crippen molar-refractivity contribution >= 4 is 28.0 Å². The lowest BCUT2D eigenvalue weighted by atomic mass is 9.90. The van der Waals surface area contributed by atoms with E-state index in [1.165, 1.54) is 0 Å². The maximum absolute atomic E-state index is 6.11. The molecule has 25 heavy (non-hydrogen) atoms. The van der Waals surface area contributed by atoms with Crippen LogP contribution in [0.3, 0.4) is 0 Å². The molecule has 0 saturated heterocycles. The second-order valence-corrected chi connectivity index (χ2v) is 12.7. The fourth-order valence-electron chi connectivity index (χ4n) is 3.08. The Morgan fingerprint density at radius 1 is 0.760 bits per heavy atom. The minimum Gasteiger partial charge on any atom is -0.377 e. The summed E-state index contributed by atoms with van der Waals surface area (Å²) < 4.78 is 33.0. The Balaban J connectivity index is 4.69. The number of nitrogens with one attached hydrogen (secondary N) is 1. The molecule has 0 saturated carbocycles. The molecule has 0 aromatic carbocycles. The van der Waals surface area contributed by atoms with Crippen LogP contribution in [-0.4, -0.2) is 82.8 Å². The average molecular weight is 415 g/mol. The largest absolute Gasteiger partial charge is 0.500 e. The van der Waals surface area contributed by atoms with Crippen molar-refractivity contribution in [2.24, 2.45) is 5.73 Å². The van der Waals surface area contributed by atoms with Crippen LogP contribution in [0.1, 0.15) is 25.7 Å². The molecule has 0 aliphatic carbocycles. The number of hydrogen-bond donors (Lipinski definition) is 2. The zero-order valence-electron chi connectivity index (χ0n) is 17.0. The van der Waals surface area contributed by atoms with Crippen molar-refractivity contribution < 1.29 is 26.6 Å². The maximum Gasteiger partial charge on any atom is 0.500 e. The Morgan fingerprint density at radius 2 is 1.08 bits per heavy atom. The van der Waals surface area contributed by atoms with Gasteiger partial charge in [0.05, 0.1) is 10.4 Å². The van der Waals surface area contributed by atoms with E-state index in [2.05, 4.69) is 4.98 Å². The van der Waals surface area contributed by atoms with Gasteiger partial charge in [-0.15, -0.1) is 0 Å². The summed E-state index contributed by atoms with van der Waals surface area (Å²) in [5, 5.41) is 0. The zero-order chi connectivity index (χ0) is 19.4. The first kappa shape index (κ1) is 25.3. The van der Waals surface area contributed by atoms with Gasteiger partial charge in [0.15, 0.2) is 0 Å². The van der Waals surface area contributed by atoms with E-state index >= 15 is 0 Å². The molecule has 0 aliphatic heterocycles. The Labute approximate surface area is 158 Å². The molecule has 0 aromatic rings. The van der Waals surface area contributed by atoms with Gasteiger partial charge in [-0.1, -0.05) is 0 Å². The summed E-state index contributed by atoms with van der Waals surface area (Å²) in [6.45, 7) is 0.583. The average Bonchev–Trinajstić information content (AvgIpc) is 2.68. The Morgan fingerprint density at radius 3 is 1.28 bits per heavy atom. The van der Waals surface area contributed by atoms with E-state index < -0.39 is 17.6 Å². The van der Waals surface area contributed by atoms with Crippen molar-refractivity contribution in [3.8, 4) is 0 Å². The van der Waals surface area contributed by atoms with Crippen molar-refractivity contribution in [2.75, 3.05) is 49.2 Å². The monoisotopic (exact) mass is 414 g/mol. The van der Waals surface area contributed by atoms with Gasteiger partial charge in [0.2, 0.25) is 0 Å². The molecular formula is C14H38N2O6Si3. The Kier molecular flexibility index (Phi) is 12.8. The van der Waals surface area contributed by atoms with Crippen LogP contribution >= 0.6 is 0 Å². The quantitative estimate of drug-likeness (QED) is 0.337. The summed E-state index contributed by atoms with van der Waals surface area (Å²) in [6, 6.07) is 1.54. The van der Waals surface area contributed by atoms with Crippen molar-refractivity contribution in [1.29, 1.82) is 0 Å². The van der Waals surface area contributed by atoms with Crippen molar-refractivity contribution in [3.63, 3.8) is 0 Å². The number of nitrogens with two attached hydrogens (primary N) is 1. The molecule has 0 radical (unpaired) electrons. The van der Waals surface area contributed by atoms with E-state index in [0.717, 1.165) is 48.2 Å². The second kappa shape index (κ2) is 12.7. The minimum atomic E-state index is -2.53. The summed E-state index contributed by atoms with van der Waals surface area (Å²) in [6.07, 6.45) is 3.74. The molecule has 0 rings (SSSR count). The van der Waals surface area contributed by atoms with Gasteiger partial charge in [-0.3, -0.25) is 0 Å². The van der Waals surface area contributed by atoms with E-state index in [4.69, 9.17) is 32.3 Å². The third kappa shape index (κ3) is 7.46. The van der Waals surface area contributed by atoms with Crippen LogP contribution in [0.5, 0.6) is 0 Å². The summed E-state index contributed by atoms with van der Waals surface area (Å²) in [5.41, 5.74) is 6.02. The van der Waals surface area contributed by atoms with Gasteiger partial charge < -0.3 is 37.3 Å². The standard InChI is InChI=1S/C14H38N2O6Si3/c1-17-24(18-2,19-3)11-7-9-14(13-15,16-23)10-8-12-25(20-4,21-5)22-6/h16H,7-13,15H2,1-6,23H3. The second-order valence-electron chi connectivity index (χ2n) is 6.03. The van der Waals surface area contributed by atoms with Gasteiger partial charge in [-0.25, -0.2) is 0 Å². The molecule has 0 fully saturated rings. The van der Waals surface area contributed by atoms with Gasteiger partial charge in [0.25, 0.3) is 0 Å². The molecule has 8 nitrogen and oxygen atoms in total. The van der Waals surface area contributed by atoms with Crippen molar-refractivity contribution in [1.82, 2.24) is 4.98 Å². The summed E-state index contributed by atoms with van der Waals surface area (Å²) in [4.78, 5) is 3.55. The molecule has 0 aromatic heterocycles. The third-order valence-corrected chi connectivity index (χ3v) is 11.8. The highest BCUT2D eigenvalue weighted by atomic mass is 28.4. The van der Waals surface area contributed by atoms with E-state index in [1.54, 1.807) is 42.7 Å². The molecule has 11 heteroatoms. The summed E-state index contributed by atoms with van der Waals surface area (Å²) >= 11 is 0. The van der Waals surface area contributed by atoms with Crippen molar-refractivity contribution in [3.05, 3.63) is 0 Å². The molecule has 0 unspecified atom stereocenters. The molecule has 0 bridgehead atoms. The van der Waals surface area contributed by atoms with Gasteiger partial charge in [-0.05, 0) is 25.7 Å². The Hall–Kier alpha value is 0.331. The highest BCUT2D eigenvalue weighted by molar-refractivity contribution is 6.60. The van der Waals surface area contributed by atoms with E-state index in [1.807, 2.05) is 0 Å². The molecule has 152 valence electrons. The molecule has 3 N–H and O–H groups in total. The minimum absolute atomic E-state index is 0.0864. The summed E-state index contributed by atoms with van der Waals surface area (Å²) in [7, 11) is 5.68.